The molecule has 1 amide bonds. The molecule has 2 aliphatic rings. The Labute approximate surface area is 234 Å². The molecule has 1 atom stereocenters. The van der Waals surface area contributed by atoms with Gasteiger partial charge in [-0.25, -0.2) is 9.18 Å². The third kappa shape index (κ3) is 4.87. The number of halogens is 1. The molecule has 0 bridgehead atoms. The predicted molar refractivity (Wildman–Crippen MR) is 153 cm³/mol. The Kier molecular flexibility index (Phi) is 7.21. The summed E-state index contributed by atoms with van der Waals surface area (Å²) in [5.74, 6) is -1.43. The van der Waals surface area contributed by atoms with Crippen LogP contribution in [0.25, 0.3) is 11.1 Å². The quantitative estimate of drug-likeness (QED) is 0.378. The molecule has 0 saturated carbocycles. The van der Waals surface area contributed by atoms with Gasteiger partial charge in [0.25, 0.3) is 5.91 Å². The van der Waals surface area contributed by atoms with E-state index in [0.29, 0.717) is 53.8 Å². The molecular weight excluding hydrogens is 509 g/mol. The molecule has 1 unspecified atom stereocenters. The molecule has 210 valence electrons. The number of fused-ring (bicyclic) bond motifs is 2. The first kappa shape index (κ1) is 27.8. The van der Waals surface area contributed by atoms with Crippen molar-refractivity contribution in [3.63, 3.8) is 0 Å². The summed E-state index contributed by atoms with van der Waals surface area (Å²) in [4.78, 5) is 28.2. The van der Waals surface area contributed by atoms with E-state index in [1.165, 1.54) is 6.07 Å². The minimum atomic E-state index is -1.28. The zero-order valence-corrected chi connectivity index (χ0v) is 24.0. The topological polar surface area (TPSA) is 76.1 Å². The van der Waals surface area contributed by atoms with Crippen molar-refractivity contribution in [2.45, 2.75) is 72.5 Å². The summed E-state index contributed by atoms with van der Waals surface area (Å²) >= 11 is 0. The fourth-order valence-corrected chi connectivity index (χ4v) is 6.01. The van der Waals surface area contributed by atoms with Crippen LogP contribution in [0, 0.1) is 26.6 Å². The van der Waals surface area contributed by atoms with Gasteiger partial charge in [-0.2, -0.15) is 0 Å². The SMILES string of the molecule is Cc1ccccc1C(=O)N1CCc2c1cc(C)c(C(OC(C)(C)C)C(=O)O)c2-c1cc(F)c2c(c1C)CCCO2. The Morgan fingerprint density at radius 1 is 1.05 bits per heavy atom. The number of hydrogen-bond donors (Lipinski definition) is 1. The molecule has 5 rings (SSSR count). The number of benzene rings is 3. The van der Waals surface area contributed by atoms with E-state index < -0.39 is 23.5 Å². The molecule has 6 nitrogen and oxygen atoms in total. The first-order valence-electron chi connectivity index (χ1n) is 13.8. The van der Waals surface area contributed by atoms with E-state index in [2.05, 4.69) is 0 Å². The molecule has 0 aromatic heterocycles. The smallest absolute Gasteiger partial charge is 0.337 e. The van der Waals surface area contributed by atoms with Crippen molar-refractivity contribution in [1.82, 2.24) is 0 Å². The number of nitrogens with zero attached hydrogens (tertiary/aromatic N) is 1. The lowest BCUT2D eigenvalue weighted by Gasteiger charge is -2.30. The fraction of sp³-hybridized carbons (Fsp3) is 0.394. The largest absolute Gasteiger partial charge is 0.490 e. The third-order valence-corrected chi connectivity index (χ3v) is 7.82. The Morgan fingerprint density at radius 2 is 1.77 bits per heavy atom. The van der Waals surface area contributed by atoms with E-state index >= 15 is 4.39 Å². The van der Waals surface area contributed by atoms with Crippen molar-refractivity contribution in [3.05, 3.63) is 81.2 Å². The van der Waals surface area contributed by atoms with Crippen LogP contribution in [0.3, 0.4) is 0 Å². The number of carbonyl (C=O) groups is 2. The second-order valence-electron chi connectivity index (χ2n) is 11.7. The van der Waals surface area contributed by atoms with Gasteiger partial charge < -0.3 is 19.5 Å². The standard InChI is InChI=1S/C33H36FNO5/c1-18-10-7-8-11-21(18)31(36)35-14-13-23-26(35)16-19(2)27(30(32(37)38)40-33(4,5)6)28(23)24-17-25(34)29-22(20(24)3)12-9-15-39-29/h7-8,10-11,16-17,30H,9,12-15H2,1-6H3,(H,37,38). The molecule has 0 saturated heterocycles. The maximum atomic E-state index is 15.5. The number of anilines is 1. The highest BCUT2D eigenvalue weighted by Crippen LogP contribution is 2.48. The first-order valence-corrected chi connectivity index (χ1v) is 13.8. The van der Waals surface area contributed by atoms with Crippen molar-refractivity contribution >= 4 is 17.6 Å². The Hall–Kier alpha value is -3.71. The molecule has 7 heteroatoms. The second kappa shape index (κ2) is 10.4. The van der Waals surface area contributed by atoms with E-state index in [1.54, 1.807) is 4.90 Å². The summed E-state index contributed by atoms with van der Waals surface area (Å²) in [7, 11) is 0. The van der Waals surface area contributed by atoms with Gasteiger partial charge in [0.15, 0.2) is 17.7 Å². The van der Waals surface area contributed by atoms with Crippen LogP contribution in [-0.4, -0.2) is 35.7 Å². The van der Waals surface area contributed by atoms with Crippen molar-refractivity contribution in [2.75, 3.05) is 18.1 Å². The number of rotatable bonds is 5. The van der Waals surface area contributed by atoms with Crippen LogP contribution in [0.2, 0.25) is 0 Å². The number of carboxylic acids is 1. The molecule has 3 aromatic rings. The van der Waals surface area contributed by atoms with Crippen molar-refractivity contribution in [3.8, 4) is 16.9 Å². The summed E-state index contributed by atoms with van der Waals surface area (Å²) in [5, 5.41) is 10.4. The van der Waals surface area contributed by atoms with Crippen LogP contribution in [0.4, 0.5) is 10.1 Å². The van der Waals surface area contributed by atoms with E-state index in [4.69, 9.17) is 9.47 Å². The molecule has 0 radical (unpaired) electrons. The lowest BCUT2D eigenvalue weighted by molar-refractivity contribution is -0.160. The van der Waals surface area contributed by atoms with Gasteiger partial charge in [0.05, 0.1) is 12.2 Å². The van der Waals surface area contributed by atoms with Gasteiger partial charge in [0.1, 0.15) is 0 Å². The lowest BCUT2D eigenvalue weighted by atomic mass is 9.83. The normalized spacial score (nSPS) is 15.3. The summed E-state index contributed by atoms with van der Waals surface area (Å²) < 4.78 is 27.4. The summed E-state index contributed by atoms with van der Waals surface area (Å²) in [6.07, 6.45) is 0.676. The van der Waals surface area contributed by atoms with E-state index in [9.17, 15) is 14.7 Å². The maximum absolute atomic E-state index is 15.5. The Morgan fingerprint density at radius 3 is 2.45 bits per heavy atom. The van der Waals surface area contributed by atoms with E-state index in [-0.39, 0.29) is 11.7 Å². The number of aliphatic carboxylic acids is 1. The zero-order valence-electron chi connectivity index (χ0n) is 24.0. The average molecular weight is 546 g/mol. The molecule has 0 spiro atoms. The number of carbonyl (C=O) groups excluding carboxylic acids is 1. The van der Waals surface area contributed by atoms with Crippen LogP contribution in [-0.2, 0) is 22.4 Å². The van der Waals surface area contributed by atoms with Crippen molar-refractivity contribution < 1.29 is 28.6 Å². The van der Waals surface area contributed by atoms with Gasteiger partial charge in [-0.05, 0) is 112 Å². The van der Waals surface area contributed by atoms with Crippen LogP contribution in [0.1, 0.15) is 77.0 Å². The van der Waals surface area contributed by atoms with Gasteiger partial charge in [0.2, 0.25) is 0 Å². The number of hydrogen-bond acceptors (Lipinski definition) is 4. The summed E-state index contributed by atoms with van der Waals surface area (Å²) in [5.41, 5.74) is 6.37. The zero-order chi connectivity index (χ0) is 28.9. The average Bonchev–Trinajstić information content (AvgIpc) is 3.31. The molecular formula is C33H36FNO5. The number of ether oxygens (including phenoxy) is 2. The highest BCUT2D eigenvalue weighted by Gasteiger charge is 2.37. The van der Waals surface area contributed by atoms with Crippen LogP contribution in [0.15, 0.2) is 36.4 Å². The molecule has 3 aromatic carbocycles. The second-order valence-corrected chi connectivity index (χ2v) is 11.7. The van der Waals surface area contributed by atoms with Gasteiger partial charge in [0, 0.05) is 28.9 Å². The molecule has 40 heavy (non-hydrogen) atoms. The Bertz CT molecular complexity index is 1520. The summed E-state index contributed by atoms with van der Waals surface area (Å²) in [6, 6.07) is 10.8. The highest BCUT2D eigenvalue weighted by atomic mass is 19.1. The maximum Gasteiger partial charge on any atom is 0.337 e. The van der Waals surface area contributed by atoms with Crippen LogP contribution in [0.5, 0.6) is 5.75 Å². The summed E-state index contributed by atoms with van der Waals surface area (Å²) in [6.45, 7) is 12.0. The minimum Gasteiger partial charge on any atom is -0.490 e. The number of amides is 1. The van der Waals surface area contributed by atoms with Gasteiger partial charge in [-0.15, -0.1) is 0 Å². The van der Waals surface area contributed by atoms with Crippen LogP contribution < -0.4 is 9.64 Å². The molecule has 2 aliphatic heterocycles. The molecule has 0 fully saturated rings. The van der Waals surface area contributed by atoms with Gasteiger partial charge in [-0.1, -0.05) is 18.2 Å². The molecule has 0 aliphatic carbocycles. The highest BCUT2D eigenvalue weighted by molar-refractivity contribution is 6.09. The van der Waals surface area contributed by atoms with Gasteiger partial charge >= 0.3 is 5.97 Å². The lowest BCUT2D eigenvalue weighted by Crippen LogP contribution is -2.30. The number of aryl methyl sites for hydroxylation is 2. The van der Waals surface area contributed by atoms with E-state index in [1.807, 2.05) is 71.9 Å². The van der Waals surface area contributed by atoms with Gasteiger partial charge in [-0.3, -0.25) is 4.79 Å². The fourth-order valence-electron chi connectivity index (χ4n) is 6.01. The molecule has 1 N–H and O–H groups in total. The third-order valence-electron chi connectivity index (χ3n) is 7.82. The Balaban J connectivity index is 1.79. The minimum absolute atomic E-state index is 0.114. The van der Waals surface area contributed by atoms with Crippen molar-refractivity contribution in [1.29, 1.82) is 0 Å². The first-order chi connectivity index (χ1) is 18.9. The van der Waals surface area contributed by atoms with Crippen LogP contribution >= 0.6 is 0 Å². The van der Waals surface area contributed by atoms with E-state index in [0.717, 1.165) is 34.4 Å². The molecule has 2 heterocycles. The van der Waals surface area contributed by atoms with Crippen molar-refractivity contribution in [2.24, 2.45) is 0 Å². The monoisotopic (exact) mass is 545 g/mol. The number of carboxylic acid groups (broad SMARTS) is 1. The predicted octanol–water partition coefficient (Wildman–Crippen LogP) is 6.89.